The Morgan fingerprint density at radius 2 is 0.632 bits per heavy atom. The molecule has 20 unspecified atom stereocenters. The van der Waals surface area contributed by atoms with Crippen LogP contribution in [-0.2, 0) is 71.3 Å². The van der Waals surface area contributed by atoms with Crippen molar-refractivity contribution in [2.24, 2.45) is 0 Å². The molecule has 328 valence electrons. The first-order chi connectivity index (χ1) is 26.9. The lowest BCUT2D eigenvalue weighted by atomic mass is 9.95. The van der Waals surface area contributed by atoms with Crippen molar-refractivity contribution in [3.63, 3.8) is 0 Å². The van der Waals surface area contributed by atoms with Gasteiger partial charge in [0.1, 0.15) is 73.2 Å². The second-order valence-corrected chi connectivity index (χ2v) is 12.3. The van der Waals surface area contributed by atoms with Gasteiger partial charge in [0, 0.05) is 0 Å². The lowest BCUT2D eigenvalue weighted by Crippen LogP contribution is -2.68. The normalized spacial score (nSPS) is 43.8. The van der Waals surface area contributed by atoms with Crippen LogP contribution in [0.15, 0.2) is 0 Å². The van der Waals surface area contributed by atoms with E-state index in [1.807, 2.05) is 0 Å². The molecular weight excluding hydrogens is 800 g/mol. The van der Waals surface area contributed by atoms with Gasteiger partial charge < -0.3 is 124 Å². The van der Waals surface area contributed by atoms with Gasteiger partial charge in [0.05, 0.1) is 0 Å². The number of hydrogen-bond donors (Lipinski definition) is 14. The Balaban J connectivity index is 1.59. The first-order valence-electron chi connectivity index (χ1n) is 16.4. The molecule has 4 aliphatic heterocycles. The maximum Gasteiger partial charge on any atom is 0.340 e. The summed E-state index contributed by atoms with van der Waals surface area (Å²) in [6.45, 7) is -5.14. The molecule has 4 rings (SSSR count). The molecule has 0 aromatic rings. The molecule has 20 atom stereocenters. The Morgan fingerprint density at radius 1 is 0.351 bits per heavy atom. The third-order valence-electron chi connectivity index (χ3n) is 8.85. The van der Waals surface area contributed by atoms with Crippen LogP contribution in [0.4, 0.5) is 0 Å². The molecule has 0 bridgehead atoms. The molecule has 29 heteroatoms. The second-order valence-electron chi connectivity index (χ2n) is 12.3. The average Bonchev–Trinajstić information content (AvgIpc) is 3.17. The van der Waals surface area contributed by atoms with E-state index < -0.39 is 174 Å². The molecule has 4 aliphatic rings. The molecule has 0 aromatic carbocycles. The summed E-state index contributed by atoms with van der Waals surface area (Å²) in [5, 5.41) is 142. The number of hydrogen-bond acceptors (Lipinski definition) is 29. The highest BCUT2D eigenvalue weighted by Crippen LogP contribution is 2.35. The van der Waals surface area contributed by atoms with Crippen molar-refractivity contribution in [3.8, 4) is 0 Å². The van der Waals surface area contributed by atoms with Crippen LogP contribution in [0.3, 0.4) is 0 Å². The SMILES string of the molecule is O=C(OCO)C1OC(OC2C(C(=O)OCO)OC(OC3C(C(=O)OCO)OC(OC4C(C(=O)OCO)OC(O)C(O)C4O)C(O)C3O)C(O)C2O)C(O)C(O)C1O. The number of rotatable bonds is 14. The standard InChI is InChI=1S/C28H42O29/c29-1-47-22(43)17-6(34)5(33)11(39)26(55-17)53-15-8(36)13(41)28(57-19(15)24(45)49-3-31)54-16-9(37)12(40)27(56-20(16)25(46)50-4-32)52-14-7(35)10(38)21(42)51-18(14)23(44)48-2-30/h5-21,26-42H,1-4H2. The van der Waals surface area contributed by atoms with Crippen LogP contribution in [0.2, 0.25) is 0 Å². The predicted molar refractivity (Wildman–Crippen MR) is 158 cm³/mol. The van der Waals surface area contributed by atoms with E-state index in [4.69, 9.17) is 43.4 Å². The number of ether oxygens (including phenoxy) is 11. The Labute approximate surface area is 317 Å². The van der Waals surface area contributed by atoms with Gasteiger partial charge in [-0.15, -0.1) is 0 Å². The molecule has 57 heavy (non-hydrogen) atoms. The van der Waals surface area contributed by atoms with Crippen molar-refractivity contribution in [2.75, 3.05) is 27.2 Å². The average molecular weight is 843 g/mol. The van der Waals surface area contributed by atoms with Crippen molar-refractivity contribution in [3.05, 3.63) is 0 Å². The van der Waals surface area contributed by atoms with Gasteiger partial charge in [0.25, 0.3) is 0 Å². The van der Waals surface area contributed by atoms with E-state index in [0.717, 1.165) is 0 Å². The van der Waals surface area contributed by atoms with Crippen LogP contribution in [0.5, 0.6) is 0 Å². The third-order valence-corrected chi connectivity index (χ3v) is 8.85. The molecule has 0 radical (unpaired) electrons. The predicted octanol–water partition coefficient (Wildman–Crippen LogP) is -11.7. The van der Waals surface area contributed by atoms with E-state index in [1.54, 1.807) is 0 Å². The first kappa shape index (κ1) is 46.7. The molecule has 29 nitrogen and oxygen atoms in total. The van der Waals surface area contributed by atoms with Crippen molar-refractivity contribution >= 4 is 23.9 Å². The highest BCUT2D eigenvalue weighted by atomic mass is 16.8. The zero-order valence-electron chi connectivity index (χ0n) is 28.8. The summed E-state index contributed by atoms with van der Waals surface area (Å²) in [5.74, 6) is -6.19. The highest BCUT2D eigenvalue weighted by molar-refractivity contribution is 5.77. The minimum absolute atomic E-state index is 1.21. The summed E-state index contributed by atoms with van der Waals surface area (Å²) in [6.07, 6.45) is -45.9. The topological polar surface area (TPSA) is 453 Å². The molecule has 0 aliphatic carbocycles. The molecule has 0 spiro atoms. The fraction of sp³-hybridized carbons (Fsp3) is 0.857. The van der Waals surface area contributed by atoms with Gasteiger partial charge in [-0.2, -0.15) is 0 Å². The summed E-state index contributed by atoms with van der Waals surface area (Å²) in [4.78, 5) is 50.4. The van der Waals surface area contributed by atoms with E-state index in [2.05, 4.69) is 18.9 Å². The molecular formula is C28H42O29. The first-order valence-corrected chi connectivity index (χ1v) is 16.4. The fourth-order valence-corrected chi connectivity index (χ4v) is 5.98. The molecule has 4 heterocycles. The minimum atomic E-state index is -2.46. The van der Waals surface area contributed by atoms with Crippen molar-refractivity contribution in [1.82, 2.24) is 0 Å². The Morgan fingerprint density at radius 3 is 0.982 bits per heavy atom. The second kappa shape index (κ2) is 20.3. The van der Waals surface area contributed by atoms with Gasteiger partial charge in [-0.05, 0) is 0 Å². The monoisotopic (exact) mass is 842 g/mol. The largest absolute Gasteiger partial charge is 0.437 e. The van der Waals surface area contributed by atoms with Gasteiger partial charge in [-0.25, -0.2) is 19.2 Å². The van der Waals surface area contributed by atoms with Crippen molar-refractivity contribution < 1.29 is 143 Å². The van der Waals surface area contributed by atoms with Gasteiger partial charge in [-0.1, -0.05) is 0 Å². The highest BCUT2D eigenvalue weighted by Gasteiger charge is 2.58. The maximum atomic E-state index is 12.9. The van der Waals surface area contributed by atoms with Gasteiger partial charge in [0.15, 0.2) is 76.7 Å². The van der Waals surface area contributed by atoms with Gasteiger partial charge >= 0.3 is 23.9 Å². The van der Waals surface area contributed by atoms with E-state index in [9.17, 15) is 80.5 Å². The van der Waals surface area contributed by atoms with Gasteiger partial charge in [0.2, 0.25) is 0 Å². The van der Waals surface area contributed by atoms with Crippen molar-refractivity contribution in [2.45, 2.75) is 123 Å². The number of esters is 4. The number of aliphatic hydroxyl groups is 14. The lowest BCUT2D eigenvalue weighted by molar-refractivity contribution is -0.379. The Bertz CT molecular complexity index is 1350. The van der Waals surface area contributed by atoms with Gasteiger partial charge in [-0.3, -0.25) is 0 Å². The summed E-state index contributed by atoms with van der Waals surface area (Å²) < 4.78 is 54.6. The molecule has 0 aromatic heterocycles. The van der Waals surface area contributed by atoms with Crippen LogP contribution < -0.4 is 0 Å². The number of carbonyl (C=O) groups is 4. The maximum absolute atomic E-state index is 12.9. The molecule has 0 amide bonds. The summed E-state index contributed by atoms with van der Waals surface area (Å²) in [6, 6.07) is 0. The van der Waals surface area contributed by atoms with Crippen LogP contribution in [-0.4, -0.2) is 245 Å². The Kier molecular flexibility index (Phi) is 16.7. The number of carbonyl (C=O) groups excluding carboxylic acids is 4. The fourth-order valence-electron chi connectivity index (χ4n) is 5.98. The van der Waals surface area contributed by atoms with E-state index in [0.29, 0.717) is 0 Å². The quantitative estimate of drug-likeness (QED) is 0.0438. The smallest absolute Gasteiger partial charge is 0.340 e. The van der Waals surface area contributed by atoms with E-state index >= 15 is 0 Å². The lowest BCUT2D eigenvalue weighted by Gasteiger charge is -2.48. The van der Waals surface area contributed by atoms with E-state index in [1.165, 1.54) is 0 Å². The summed E-state index contributed by atoms with van der Waals surface area (Å²) in [7, 11) is 0. The molecule has 0 saturated carbocycles. The van der Waals surface area contributed by atoms with Crippen LogP contribution in [0.1, 0.15) is 0 Å². The zero-order chi connectivity index (χ0) is 42.5. The van der Waals surface area contributed by atoms with Crippen molar-refractivity contribution in [1.29, 1.82) is 0 Å². The zero-order valence-corrected chi connectivity index (χ0v) is 28.8. The Hall–Kier alpha value is -2.96. The van der Waals surface area contributed by atoms with Crippen LogP contribution in [0.25, 0.3) is 0 Å². The molecule has 4 saturated heterocycles. The van der Waals surface area contributed by atoms with Crippen LogP contribution >= 0.6 is 0 Å². The third kappa shape index (κ3) is 10.1. The molecule has 4 fully saturated rings. The van der Waals surface area contributed by atoms with E-state index in [-0.39, 0.29) is 0 Å². The number of aliphatic hydroxyl groups excluding tert-OH is 14. The minimum Gasteiger partial charge on any atom is -0.437 e. The van der Waals surface area contributed by atoms with Crippen LogP contribution in [0, 0.1) is 0 Å². The molecule has 14 N–H and O–H groups in total. The summed E-state index contributed by atoms with van der Waals surface area (Å²) in [5.41, 5.74) is 0. The summed E-state index contributed by atoms with van der Waals surface area (Å²) >= 11 is 0.